The van der Waals surface area contributed by atoms with Gasteiger partial charge in [-0.3, -0.25) is 4.79 Å². The molecule has 0 saturated heterocycles. The van der Waals surface area contributed by atoms with Crippen LogP contribution >= 0.6 is 0 Å². The van der Waals surface area contributed by atoms with Crippen molar-refractivity contribution in [2.75, 3.05) is 5.32 Å². The van der Waals surface area contributed by atoms with Crippen molar-refractivity contribution in [3.05, 3.63) is 29.3 Å². The molecule has 1 amide bonds. The summed E-state index contributed by atoms with van der Waals surface area (Å²) < 4.78 is 37.9. The maximum Gasteiger partial charge on any atom is 0.416 e. The monoisotopic (exact) mass is 304 g/mol. The molecule has 0 fully saturated rings. The number of carboxylic acid groups (broad SMARTS) is 1. The number of carbonyl (C=O) groups is 2. The molecule has 21 heavy (non-hydrogen) atoms. The second kappa shape index (κ2) is 6.57. The van der Waals surface area contributed by atoms with Gasteiger partial charge in [-0.15, -0.1) is 0 Å². The van der Waals surface area contributed by atoms with Crippen molar-refractivity contribution in [1.29, 1.82) is 0 Å². The number of carbonyl (C=O) groups excluding carboxylic acids is 1. The number of halogens is 3. The minimum Gasteiger partial charge on any atom is -0.478 e. The molecule has 1 aromatic rings. The molecule has 0 spiro atoms. The first-order valence-corrected chi connectivity index (χ1v) is 6.17. The zero-order valence-electron chi connectivity index (χ0n) is 11.2. The van der Waals surface area contributed by atoms with Crippen LogP contribution in [0.2, 0.25) is 0 Å². The summed E-state index contributed by atoms with van der Waals surface area (Å²) >= 11 is 0. The van der Waals surface area contributed by atoms with Crippen LogP contribution in [-0.2, 0) is 11.0 Å². The Bertz CT molecular complexity index is 544. The molecular weight excluding hydrogens is 289 g/mol. The second-order valence-electron chi connectivity index (χ2n) is 4.45. The molecule has 0 aliphatic heterocycles. The lowest BCUT2D eigenvalue weighted by Crippen LogP contribution is -2.35. The van der Waals surface area contributed by atoms with Gasteiger partial charge in [0.25, 0.3) is 0 Å². The van der Waals surface area contributed by atoms with Crippen molar-refractivity contribution >= 4 is 17.6 Å². The quantitative estimate of drug-likeness (QED) is 0.779. The summed E-state index contributed by atoms with van der Waals surface area (Å²) in [7, 11) is 0. The number of aromatic carboxylic acids is 1. The molecular formula is C13H15F3N2O3. The maximum atomic E-state index is 12.6. The molecule has 5 nitrogen and oxygen atoms in total. The Balaban J connectivity index is 3.13. The zero-order valence-corrected chi connectivity index (χ0v) is 11.2. The predicted molar refractivity (Wildman–Crippen MR) is 69.9 cm³/mol. The molecule has 0 heterocycles. The summed E-state index contributed by atoms with van der Waals surface area (Å²) in [4.78, 5) is 22.7. The molecule has 0 aliphatic rings. The normalized spacial score (nSPS) is 12.8. The second-order valence-corrected chi connectivity index (χ2v) is 4.45. The first kappa shape index (κ1) is 17.0. The number of anilines is 1. The Kier molecular flexibility index (Phi) is 5.31. The lowest BCUT2D eigenvalue weighted by molar-refractivity contribution is -0.137. The molecule has 0 aliphatic carbocycles. The summed E-state index contributed by atoms with van der Waals surface area (Å²) in [6.07, 6.45) is -3.68. The van der Waals surface area contributed by atoms with Crippen LogP contribution in [0.5, 0.6) is 0 Å². The first-order chi connectivity index (χ1) is 9.66. The van der Waals surface area contributed by atoms with E-state index in [0.717, 1.165) is 6.07 Å². The van der Waals surface area contributed by atoms with Gasteiger partial charge in [-0.05, 0) is 24.6 Å². The van der Waals surface area contributed by atoms with Crippen LogP contribution in [0, 0.1) is 0 Å². The average molecular weight is 304 g/mol. The first-order valence-electron chi connectivity index (χ1n) is 6.17. The van der Waals surface area contributed by atoms with E-state index < -0.39 is 40.9 Å². The number of amides is 1. The Labute approximate surface area is 118 Å². The van der Waals surface area contributed by atoms with Crippen LogP contribution < -0.4 is 11.1 Å². The fourth-order valence-electron chi connectivity index (χ4n) is 1.68. The highest BCUT2D eigenvalue weighted by Gasteiger charge is 2.32. The Morgan fingerprint density at radius 2 is 2.00 bits per heavy atom. The largest absolute Gasteiger partial charge is 0.478 e. The maximum absolute atomic E-state index is 12.6. The van der Waals surface area contributed by atoms with E-state index in [1.54, 1.807) is 6.92 Å². The van der Waals surface area contributed by atoms with Crippen LogP contribution in [0.15, 0.2) is 18.2 Å². The summed E-state index contributed by atoms with van der Waals surface area (Å²) in [5.74, 6) is -2.17. The molecule has 0 unspecified atom stereocenters. The molecule has 0 saturated carbocycles. The van der Waals surface area contributed by atoms with E-state index >= 15 is 0 Å². The van der Waals surface area contributed by atoms with Crippen molar-refractivity contribution in [3.8, 4) is 0 Å². The molecule has 4 N–H and O–H groups in total. The minimum absolute atomic E-state index is 0.340. The average Bonchev–Trinajstić information content (AvgIpc) is 2.37. The zero-order chi connectivity index (χ0) is 16.2. The number of carboxylic acids is 1. The van der Waals surface area contributed by atoms with Crippen LogP contribution in [0.4, 0.5) is 18.9 Å². The highest BCUT2D eigenvalue weighted by molar-refractivity contribution is 6.02. The van der Waals surface area contributed by atoms with E-state index in [9.17, 15) is 22.8 Å². The van der Waals surface area contributed by atoms with Gasteiger partial charge in [0.05, 0.1) is 22.9 Å². The van der Waals surface area contributed by atoms with Crippen LogP contribution in [-0.4, -0.2) is 23.0 Å². The van der Waals surface area contributed by atoms with Crippen molar-refractivity contribution in [1.82, 2.24) is 0 Å². The van der Waals surface area contributed by atoms with Gasteiger partial charge in [0, 0.05) is 0 Å². The highest BCUT2D eigenvalue weighted by atomic mass is 19.4. The molecule has 1 rings (SSSR count). The van der Waals surface area contributed by atoms with Crippen molar-refractivity contribution < 1.29 is 27.9 Å². The van der Waals surface area contributed by atoms with Gasteiger partial charge in [0.15, 0.2) is 0 Å². The topological polar surface area (TPSA) is 92.4 Å². The van der Waals surface area contributed by atoms with E-state index in [1.165, 1.54) is 0 Å². The summed E-state index contributed by atoms with van der Waals surface area (Å²) in [5, 5.41) is 11.1. The number of nitrogens with two attached hydrogens (primary N) is 1. The van der Waals surface area contributed by atoms with Crippen molar-refractivity contribution in [2.24, 2.45) is 5.73 Å². The van der Waals surface area contributed by atoms with E-state index in [-0.39, 0.29) is 0 Å². The third kappa shape index (κ3) is 4.45. The number of rotatable bonds is 5. The van der Waals surface area contributed by atoms with E-state index in [4.69, 9.17) is 10.8 Å². The summed E-state index contributed by atoms with van der Waals surface area (Å²) in [5.41, 5.74) is 3.64. The predicted octanol–water partition coefficient (Wildman–Crippen LogP) is 2.47. The van der Waals surface area contributed by atoms with E-state index in [1.807, 2.05) is 0 Å². The molecule has 1 atom stereocenters. The number of nitrogens with one attached hydrogen (secondary N) is 1. The van der Waals surface area contributed by atoms with Crippen LogP contribution in [0.25, 0.3) is 0 Å². The SMILES string of the molecule is CCC[C@H](N)C(=O)Nc1cc(C(F)(F)F)ccc1C(=O)O. The lowest BCUT2D eigenvalue weighted by Gasteiger charge is -2.15. The minimum atomic E-state index is -4.64. The van der Waals surface area contributed by atoms with Gasteiger partial charge in [-0.25, -0.2) is 4.79 Å². The van der Waals surface area contributed by atoms with Crippen LogP contribution in [0.1, 0.15) is 35.7 Å². The Morgan fingerprint density at radius 3 is 2.48 bits per heavy atom. The standard InChI is InChI=1S/C13H15F3N2O3/c1-2-3-9(17)11(19)18-10-6-7(13(14,15)16)4-5-8(10)12(20)21/h4-6,9H,2-3,17H2,1H3,(H,18,19)(H,20,21)/t9-/m0/s1. The van der Waals surface area contributed by atoms with Gasteiger partial charge in [0.2, 0.25) is 5.91 Å². The van der Waals surface area contributed by atoms with E-state index in [0.29, 0.717) is 25.0 Å². The molecule has 0 radical (unpaired) electrons. The number of hydrogen-bond acceptors (Lipinski definition) is 3. The molecule has 8 heteroatoms. The number of hydrogen-bond donors (Lipinski definition) is 3. The smallest absolute Gasteiger partial charge is 0.416 e. The van der Waals surface area contributed by atoms with E-state index in [2.05, 4.69) is 5.32 Å². The van der Waals surface area contributed by atoms with Gasteiger partial charge >= 0.3 is 12.1 Å². The number of benzene rings is 1. The molecule has 1 aromatic carbocycles. The van der Waals surface area contributed by atoms with Crippen molar-refractivity contribution in [2.45, 2.75) is 32.0 Å². The third-order valence-electron chi connectivity index (χ3n) is 2.77. The highest BCUT2D eigenvalue weighted by Crippen LogP contribution is 2.32. The Hall–Kier alpha value is -2.09. The third-order valence-corrected chi connectivity index (χ3v) is 2.77. The van der Waals surface area contributed by atoms with Gasteiger partial charge < -0.3 is 16.2 Å². The fraction of sp³-hybridized carbons (Fsp3) is 0.385. The van der Waals surface area contributed by atoms with Gasteiger partial charge in [-0.2, -0.15) is 13.2 Å². The van der Waals surface area contributed by atoms with Crippen LogP contribution in [0.3, 0.4) is 0 Å². The Morgan fingerprint density at radius 1 is 1.38 bits per heavy atom. The van der Waals surface area contributed by atoms with Gasteiger partial charge in [0.1, 0.15) is 0 Å². The summed E-state index contributed by atoms with van der Waals surface area (Å²) in [6, 6.07) is 1.11. The van der Waals surface area contributed by atoms with Crippen molar-refractivity contribution in [3.63, 3.8) is 0 Å². The number of alkyl halides is 3. The van der Waals surface area contributed by atoms with Gasteiger partial charge in [-0.1, -0.05) is 13.3 Å². The molecule has 116 valence electrons. The molecule has 0 bridgehead atoms. The lowest BCUT2D eigenvalue weighted by atomic mass is 10.1. The fourth-order valence-corrected chi connectivity index (χ4v) is 1.68. The molecule has 0 aromatic heterocycles. The summed E-state index contributed by atoms with van der Waals surface area (Å²) in [6.45, 7) is 1.79.